The van der Waals surface area contributed by atoms with Crippen molar-refractivity contribution in [3.8, 4) is 0 Å². The lowest BCUT2D eigenvalue weighted by molar-refractivity contribution is 0.0475. The maximum atomic E-state index is 14.8. The van der Waals surface area contributed by atoms with Crippen molar-refractivity contribution in [1.29, 1.82) is 0 Å². The first-order valence-corrected chi connectivity index (χ1v) is 6.22. The van der Waals surface area contributed by atoms with Crippen LogP contribution < -0.4 is 11.1 Å². The molecule has 2 unspecified atom stereocenters. The number of hydrogen-bond acceptors (Lipinski definition) is 4. The molecule has 100 valence electrons. The standard InChI is InChI=1S/C13H20FN3O/c1-9-5-11(12(15)17-7-9)13(2,14)6-10-8-18-4-3-16-10/h5,7,10,16H,3-4,6,8H2,1-2H3,(H2,15,17). The van der Waals surface area contributed by atoms with Crippen LogP contribution in [0.15, 0.2) is 12.3 Å². The second kappa shape index (κ2) is 5.20. The fourth-order valence-electron chi connectivity index (χ4n) is 2.32. The van der Waals surface area contributed by atoms with Crippen molar-refractivity contribution in [2.45, 2.75) is 32.0 Å². The lowest BCUT2D eigenvalue weighted by atomic mass is 9.90. The van der Waals surface area contributed by atoms with Gasteiger partial charge in [-0.15, -0.1) is 0 Å². The number of aromatic nitrogens is 1. The van der Waals surface area contributed by atoms with Crippen molar-refractivity contribution >= 4 is 5.82 Å². The summed E-state index contributed by atoms with van der Waals surface area (Å²) in [7, 11) is 0. The number of nitrogens with one attached hydrogen (secondary N) is 1. The molecule has 2 atom stereocenters. The molecule has 1 aliphatic rings. The van der Waals surface area contributed by atoms with Gasteiger partial charge in [0, 0.05) is 30.8 Å². The van der Waals surface area contributed by atoms with Gasteiger partial charge in [-0.3, -0.25) is 0 Å². The number of pyridine rings is 1. The fraction of sp³-hybridized carbons (Fsp3) is 0.615. The van der Waals surface area contributed by atoms with Crippen LogP contribution in [0, 0.1) is 6.92 Å². The van der Waals surface area contributed by atoms with Crippen molar-refractivity contribution in [3.05, 3.63) is 23.4 Å². The average Bonchev–Trinajstić information content (AvgIpc) is 2.33. The zero-order valence-corrected chi connectivity index (χ0v) is 10.9. The Hall–Kier alpha value is -1.20. The highest BCUT2D eigenvalue weighted by Crippen LogP contribution is 2.34. The molecule has 2 heterocycles. The van der Waals surface area contributed by atoms with Crippen molar-refractivity contribution in [2.24, 2.45) is 0 Å². The predicted molar refractivity (Wildman–Crippen MR) is 69.1 cm³/mol. The second-order valence-electron chi connectivity index (χ2n) is 5.07. The molecule has 0 saturated carbocycles. The third-order valence-electron chi connectivity index (χ3n) is 3.25. The molecule has 18 heavy (non-hydrogen) atoms. The van der Waals surface area contributed by atoms with Crippen LogP contribution in [0.5, 0.6) is 0 Å². The first-order chi connectivity index (χ1) is 8.49. The summed E-state index contributed by atoms with van der Waals surface area (Å²) in [6.45, 7) is 5.43. The van der Waals surface area contributed by atoms with E-state index in [9.17, 15) is 4.39 Å². The first kappa shape index (κ1) is 13.2. The molecule has 0 aromatic carbocycles. The van der Waals surface area contributed by atoms with Crippen LogP contribution in [0.1, 0.15) is 24.5 Å². The minimum atomic E-state index is -1.50. The zero-order valence-electron chi connectivity index (χ0n) is 10.9. The summed E-state index contributed by atoms with van der Waals surface area (Å²) in [5.41, 5.74) is 5.66. The Bertz CT molecular complexity index is 417. The van der Waals surface area contributed by atoms with Crippen LogP contribution in [0.3, 0.4) is 0 Å². The van der Waals surface area contributed by atoms with Crippen LogP contribution in [-0.2, 0) is 10.4 Å². The second-order valence-corrected chi connectivity index (χ2v) is 5.07. The maximum Gasteiger partial charge on any atom is 0.138 e. The molecule has 1 fully saturated rings. The van der Waals surface area contributed by atoms with Gasteiger partial charge < -0.3 is 15.8 Å². The molecule has 1 aromatic heterocycles. The molecule has 1 aliphatic heterocycles. The number of halogens is 1. The van der Waals surface area contributed by atoms with E-state index in [4.69, 9.17) is 10.5 Å². The molecule has 3 N–H and O–H groups in total. The van der Waals surface area contributed by atoms with Crippen molar-refractivity contribution in [1.82, 2.24) is 10.3 Å². The Kier molecular flexibility index (Phi) is 3.82. The molecule has 1 aromatic rings. The van der Waals surface area contributed by atoms with Gasteiger partial charge in [-0.1, -0.05) is 0 Å². The highest BCUT2D eigenvalue weighted by atomic mass is 19.1. The molecule has 0 amide bonds. The number of nitrogens with zero attached hydrogens (tertiary/aromatic N) is 1. The number of anilines is 1. The van der Waals surface area contributed by atoms with Gasteiger partial charge >= 0.3 is 0 Å². The van der Waals surface area contributed by atoms with Crippen LogP contribution in [-0.4, -0.2) is 30.8 Å². The summed E-state index contributed by atoms with van der Waals surface area (Å²) in [6, 6.07) is 1.79. The Morgan fingerprint density at radius 1 is 1.67 bits per heavy atom. The third kappa shape index (κ3) is 2.97. The average molecular weight is 253 g/mol. The number of nitrogens with two attached hydrogens (primary N) is 1. The third-order valence-corrected chi connectivity index (χ3v) is 3.25. The molecule has 0 spiro atoms. The number of ether oxygens (including phenoxy) is 1. The maximum absolute atomic E-state index is 14.8. The summed E-state index contributed by atoms with van der Waals surface area (Å²) in [6.07, 6.45) is 1.99. The number of alkyl halides is 1. The van der Waals surface area contributed by atoms with Gasteiger partial charge in [-0.05, 0) is 25.5 Å². The van der Waals surface area contributed by atoms with Crippen molar-refractivity contribution in [3.63, 3.8) is 0 Å². The molecule has 0 aliphatic carbocycles. The summed E-state index contributed by atoms with van der Waals surface area (Å²) < 4.78 is 20.2. The molecule has 5 heteroatoms. The molecule has 2 rings (SSSR count). The van der Waals surface area contributed by atoms with E-state index in [1.54, 1.807) is 19.2 Å². The van der Waals surface area contributed by atoms with Crippen LogP contribution >= 0.6 is 0 Å². The monoisotopic (exact) mass is 253 g/mol. The van der Waals surface area contributed by atoms with Crippen molar-refractivity contribution < 1.29 is 9.13 Å². The Balaban J connectivity index is 2.15. The van der Waals surface area contributed by atoms with Gasteiger partial charge in [-0.2, -0.15) is 0 Å². The molecular formula is C13H20FN3O. The smallest absolute Gasteiger partial charge is 0.138 e. The van der Waals surface area contributed by atoms with Gasteiger partial charge in [0.1, 0.15) is 11.5 Å². The molecule has 1 saturated heterocycles. The topological polar surface area (TPSA) is 60.2 Å². The Morgan fingerprint density at radius 3 is 3.11 bits per heavy atom. The highest BCUT2D eigenvalue weighted by molar-refractivity contribution is 5.44. The van der Waals surface area contributed by atoms with Crippen LogP contribution in [0.25, 0.3) is 0 Å². The van der Waals surface area contributed by atoms with Crippen LogP contribution in [0.2, 0.25) is 0 Å². The Labute approximate surface area is 107 Å². The fourth-order valence-corrected chi connectivity index (χ4v) is 2.32. The van der Waals surface area contributed by atoms with E-state index in [1.807, 2.05) is 6.92 Å². The summed E-state index contributed by atoms with van der Waals surface area (Å²) in [4.78, 5) is 4.02. The van der Waals surface area contributed by atoms with Gasteiger partial charge in [0.05, 0.1) is 13.2 Å². The summed E-state index contributed by atoms with van der Waals surface area (Å²) in [5, 5.41) is 3.25. The van der Waals surface area contributed by atoms with Gasteiger partial charge in [0.15, 0.2) is 0 Å². The normalized spacial score (nSPS) is 23.6. The van der Waals surface area contributed by atoms with E-state index >= 15 is 0 Å². The number of morpholine rings is 1. The van der Waals surface area contributed by atoms with Gasteiger partial charge in [0.2, 0.25) is 0 Å². The summed E-state index contributed by atoms with van der Waals surface area (Å²) in [5.74, 6) is 0.266. The number of nitrogen functional groups attached to an aromatic ring is 1. The first-order valence-electron chi connectivity index (χ1n) is 6.22. The van der Waals surface area contributed by atoms with E-state index in [0.29, 0.717) is 25.2 Å². The minimum absolute atomic E-state index is 0.0219. The number of aryl methyl sites for hydroxylation is 1. The lowest BCUT2D eigenvalue weighted by Gasteiger charge is -2.30. The SMILES string of the molecule is Cc1cnc(N)c(C(C)(F)CC2COCCN2)c1. The van der Waals surface area contributed by atoms with E-state index in [2.05, 4.69) is 10.3 Å². The van der Waals surface area contributed by atoms with E-state index < -0.39 is 5.67 Å². The van der Waals surface area contributed by atoms with Crippen LogP contribution in [0.4, 0.5) is 10.2 Å². The van der Waals surface area contributed by atoms with E-state index in [1.165, 1.54) is 0 Å². The quantitative estimate of drug-likeness (QED) is 0.857. The molecular weight excluding hydrogens is 233 g/mol. The zero-order chi connectivity index (χ0) is 13.2. The van der Waals surface area contributed by atoms with Gasteiger partial charge in [-0.25, -0.2) is 9.37 Å². The van der Waals surface area contributed by atoms with E-state index in [-0.39, 0.29) is 11.9 Å². The molecule has 0 radical (unpaired) electrons. The lowest BCUT2D eigenvalue weighted by Crippen LogP contribution is -2.44. The van der Waals surface area contributed by atoms with Gasteiger partial charge in [0.25, 0.3) is 0 Å². The number of rotatable bonds is 3. The molecule has 0 bridgehead atoms. The van der Waals surface area contributed by atoms with Crippen molar-refractivity contribution in [2.75, 3.05) is 25.5 Å². The summed E-state index contributed by atoms with van der Waals surface area (Å²) >= 11 is 0. The minimum Gasteiger partial charge on any atom is -0.383 e. The largest absolute Gasteiger partial charge is 0.383 e. The van der Waals surface area contributed by atoms with E-state index in [0.717, 1.165) is 12.1 Å². The number of hydrogen-bond donors (Lipinski definition) is 2. The molecule has 4 nitrogen and oxygen atoms in total. The predicted octanol–water partition coefficient (Wildman–Crippen LogP) is 1.54. The Morgan fingerprint density at radius 2 is 2.44 bits per heavy atom. The highest BCUT2D eigenvalue weighted by Gasteiger charge is 2.33.